The highest BCUT2D eigenvalue weighted by molar-refractivity contribution is 8.78. The number of hydrogen-bond donors (Lipinski definition) is 2. The molecule has 12 nitrogen and oxygen atoms in total. The molecule has 2 aromatic carbocycles. The Morgan fingerprint density at radius 3 is 1.44 bits per heavy atom. The highest BCUT2D eigenvalue weighted by atomic mass is 33.1. The van der Waals surface area contributed by atoms with Crippen LogP contribution in [-0.4, -0.2) is 117 Å². The molecule has 250 valence electrons. The maximum atomic E-state index is 15.0. The number of likely N-dealkylation sites (N-methyl/N-ethyl adjacent to an activating group) is 2. The van der Waals surface area contributed by atoms with Gasteiger partial charge in [0.25, 0.3) is 23.6 Å². The number of piperazine rings is 2. The molecule has 2 aromatic rings. The third-order valence-corrected chi connectivity index (χ3v) is 19.5. The van der Waals surface area contributed by atoms with Crippen LogP contribution in [0.2, 0.25) is 0 Å². The van der Waals surface area contributed by atoms with Gasteiger partial charge in [0.05, 0.1) is 24.0 Å². The fourth-order valence-electron chi connectivity index (χ4n) is 10.3. The Morgan fingerprint density at radius 2 is 1.04 bits per heavy atom. The molecule has 8 atom stereocenters. The summed E-state index contributed by atoms with van der Waals surface area (Å²) in [6, 6.07) is 16.1. The van der Waals surface area contributed by atoms with Crippen LogP contribution in [0.25, 0.3) is 0 Å². The summed E-state index contributed by atoms with van der Waals surface area (Å²) in [6.07, 6.45) is -0.716. The molecule has 8 fully saturated rings. The maximum Gasteiger partial charge on any atom is 0.265 e. The Morgan fingerprint density at radius 1 is 0.646 bits per heavy atom. The quantitative estimate of drug-likeness (QED) is 0.441. The van der Waals surface area contributed by atoms with Crippen molar-refractivity contribution < 1.29 is 28.7 Å². The fraction of sp³-hybridized carbons (Fsp3) is 0.500. The number of hydrogen-bond acceptors (Lipinski definition) is 12. The third-order valence-electron chi connectivity index (χ3n) is 12.2. The normalized spacial score (nSPS) is 42.4. The van der Waals surface area contributed by atoms with Crippen LogP contribution in [0.5, 0.6) is 0 Å². The molecule has 0 aliphatic carbocycles. The standard InChI is InChI=1S/C32H32N6O6S4/c1-35-23(39)29-13-27(17-9-5-7-11-19(17)33-21(27)37(29)25(41)31(35,15-43-3)47-45-29)28-14-30-24(40)36(2)32(16-44-4,48-46-30)26(42)38(30)22(28)34-20-12-8-6-10-18(20)28/h5-12,21-22,33-34H,13-16H2,1-4H3. The van der Waals surface area contributed by atoms with Gasteiger partial charge in [0.1, 0.15) is 12.3 Å². The van der Waals surface area contributed by atoms with Gasteiger partial charge in [-0.25, -0.2) is 0 Å². The summed E-state index contributed by atoms with van der Waals surface area (Å²) < 4.78 is 11.2. The summed E-state index contributed by atoms with van der Waals surface area (Å²) in [5, 5.41) is 7.50. The van der Waals surface area contributed by atoms with Gasteiger partial charge in [-0.1, -0.05) is 58.0 Å². The van der Waals surface area contributed by atoms with Gasteiger partial charge in [-0.3, -0.25) is 29.0 Å². The van der Waals surface area contributed by atoms with E-state index in [1.807, 2.05) is 36.4 Å². The van der Waals surface area contributed by atoms with Crippen LogP contribution in [0.1, 0.15) is 24.0 Å². The van der Waals surface area contributed by atoms with Crippen LogP contribution in [0, 0.1) is 0 Å². The fourth-order valence-corrected chi connectivity index (χ4v) is 17.7. The van der Waals surface area contributed by atoms with E-state index < -0.39 is 42.6 Å². The molecule has 8 saturated heterocycles. The summed E-state index contributed by atoms with van der Waals surface area (Å²) in [7, 11) is 12.2. The van der Waals surface area contributed by atoms with Crippen molar-refractivity contribution in [1.29, 1.82) is 0 Å². The highest BCUT2D eigenvalue weighted by Crippen LogP contribution is 2.78. The largest absolute Gasteiger partial charge is 0.381 e. The predicted octanol–water partition coefficient (Wildman–Crippen LogP) is 2.64. The first kappa shape index (κ1) is 30.1. The molecule has 4 amide bonds. The Kier molecular flexibility index (Phi) is 5.72. The minimum Gasteiger partial charge on any atom is -0.381 e. The topological polar surface area (TPSA) is 124 Å². The number of para-hydroxylation sites is 2. The van der Waals surface area contributed by atoms with E-state index in [2.05, 4.69) is 22.8 Å². The first-order valence-electron chi connectivity index (χ1n) is 15.7. The van der Waals surface area contributed by atoms with Gasteiger partial charge in [0.2, 0.25) is 9.74 Å². The lowest BCUT2D eigenvalue weighted by atomic mass is 9.54. The lowest BCUT2D eigenvalue weighted by Crippen LogP contribution is -2.77. The molecular weight excluding hydrogens is 693 g/mol. The van der Waals surface area contributed by atoms with Crippen LogP contribution >= 0.6 is 43.2 Å². The van der Waals surface area contributed by atoms with E-state index in [4.69, 9.17) is 9.47 Å². The summed E-state index contributed by atoms with van der Waals surface area (Å²) in [4.78, 5) is 61.3. The van der Waals surface area contributed by atoms with Crippen molar-refractivity contribution in [3.8, 4) is 0 Å². The van der Waals surface area contributed by atoms with Crippen molar-refractivity contribution in [2.45, 2.75) is 55.5 Å². The summed E-state index contributed by atoms with van der Waals surface area (Å²) in [5.41, 5.74) is 1.83. The van der Waals surface area contributed by atoms with Crippen LogP contribution in [0.3, 0.4) is 0 Å². The lowest BCUT2D eigenvalue weighted by Gasteiger charge is -2.58. The number of nitrogens with one attached hydrogen (secondary N) is 2. The molecule has 8 unspecified atom stereocenters. The third kappa shape index (κ3) is 2.79. The number of nitrogens with zero attached hydrogens (tertiary/aromatic N) is 4. The number of carbonyl (C=O) groups is 4. The number of methoxy groups -OCH3 is 2. The summed E-state index contributed by atoms with van der Waals surface area (Å²) in [6.45, 7) is 0.0929. The van der Waals surface area contributed by atoms with E-state index in [-0.39, 0.29) is 36.8 Å². The van der Waals surface area contributed by atoms with Crippen molar-refractivity contribution in [3.05, 3.63) is 59.7 Å². The monoisotopic (exact) mass is 724 g/mol. The molecule has 10 heterocycles. The smallest absolute Gasteiger partial charge is 0.265 e. The maximum absolute atomic E-state index is 15.0. The molecule has 0 saturated carbocycles. The lowest BCUT2D eigenvalue weighted by molar-refractivity contribution is -0.167. The van der Waals surface area contributed by atoms with Crippen molar-refractivity contribution >= 4 is 78.2 Å². The van der Waals surface area contributed by atoms with E-state index >= 15 is 0 Å². The van der Waals surface area contributed by atoms with Gasteiger partial charge in [-0.05, 0) is 44.8 Å². The zero-order chi connectivity index (χ0) is 33.2. The van der Waals surface area contributed by atoms with Crippen molar-refractivity contribution in [1.82, 2.24) is 19.6 Å². The minimum absolute atomic E-state index is 0.0464. The molecule has 0 aromatic heterocycles. The Hall–Kier alpha value is -2.76. The first-order valence-corrected chi connectivity index (χ1v) is 20.0. The van der Waals surface area contributed by atoms with Gasteiger partial charge in [-0.15, -0.1) is 0 Å². The van der Waals surface area contributed by atoms with Gasteiger partial charge in [0.15, 0.2) is 9.74 Å². The molecule has 48 heavy (non-hydrogen) atoms. The molecule has 16 heteroatoms. The number of anilines is 2. The van der Waals surface area contributed by atoms with Gasteiger partial charge < -0.3 is 29.9 Å². The minimum atomic E-state index is -1.23. The number of carbonyl (C=O) groups excluding carboxylic acids is 4. The average molecular weight is 725 g/mol. The zero-order valence-corrected chi connectivity index (χ0v) is 29.7. The molecule has 10 aliphatic heterocycles. The van der Waals surface area contributed by atoms with E-state index in [0.717, 1.165) is 22.5 Å². The molecule has 12 rings (SSSR count). The molecule has 2 N–H and O–H groups in total. The van der Waals surface area contributed by atoms with E-state index in [1.54, 1.807) is 47.9 Å². The van der Waals surface area contributed by atoms with Crippen LogP contribution in [0.15, 0.2) is 48.5 Å². The highest BCUT2D eigenvalue weighted by Gasteiger charge is 2.87. The van der Waals surface area contributed by atoms with Crippen molar-refractivity contribution in [2.24, 2.45) is 0 Å². The summed E-state index contributed by atoms with van der Waals surface area (Å²) >= 11 is 0. The molecule has 4 bridgehead atoms. The van der Waals surface area contributed by atoms with Crippen LogP contribution < -0.4 is 10.6 Å². The van der Waals surface area contributed by atoms with Gasteiger partial charge in [-0.2, -0.15) is 0 Å². The second-order valence-corrected chi connectivity index (χ2v) is 19.3. The number of rotatable bonds is 5. The predicted molar refractivity (Wildman–Crippen MR) is 185 cm³/mol. The zero-order valence-electron chi connectivity index (χ0n) is 26.5. The molecule has 2 spiro atoms. The molecule has 10 aliphatic rings. The number of ether oxygens (including phenoxy) is 2. The average Bonchev–Trinajstić information content (AvgIpc) is 3.77. The second kappa shape index (κ2) is 9.12. The number of amides is 4. The van der Waals surface area contributed by atoms with Gasteiger partial charge >= 0.3 is 0 Å². The molecule has 0 radical (unpaired) electrons. The van der Waals surface area contributed by atoms with Crippen LogP contribution in [-0.2, 0) is 39.5 Å². The van der Waals surface area contributed by atoms with E-state index in [1.165, 1.54) is 43.2 Å². The van der Waals surface area contributed by atoms with E-state index in [9.17, 15) is 19.2 Å². The first-order chi connectivity index (χ1) is 23.1. The second-order valence-electron chi connectivity index (χ2n) is 13.9. The van der Waals surface area contributed by atoms with Gasteiger partial charge in [0, 0.05) is 52.5 Å². The summed E-state index contributed by atoms with van der Waals surface area (Å²) in [5.74, 6) is -0.650. The van der Waals surface area contributed by atoms with E-state index in [0.29, 0.717) is 12.8 Å². The van der Waals surface area contributed by atoms with Crippen molar-refractivity contribution in [2.75, 3.05) is 52.2 Å². The number of fused-ring (bicyclic) bond motifs is 11. The Bertz CT molecular complexity index is 1770. The number of benzene rings is 2. The Balaban J connectivity index is 1.27. The Labute approximate surface area is 292 Å². The van der Waals surface area contributed by atoms with Crippen molar-refractivity contribution in [3.63, 3.8) is 0 Å². The van der Waals surface area contributed by atoms with Crippen LogP contribution in [0.4, 0.5) is 11.4 Å². The SMILES string of the molecule is COCC12SSC3(CC4(C56CC78SSC(COC)(C(=O)N7C5Nc5ccccc56)N(C)C8=O)c5ccccc5NC4N3C1=O)C(=O)N2C. The molecular formula is C32H32N6O6S4.